The van der Waals surface area contributed by atoms with Crippen molar-refractivity contribution >= 4 is 44.0 Å². The largest absolute Gasteiger partial charge is 0.343 e. The summed E-state index contributed by atoms with van der Waals surface area (Å²) in [5.41, 5.74) is 0.558. The molecule has 0 aliphatic heterocycles. The zero-order valence-corrected chi connectivity index (χ0v) is 17.5. The highest BCUT2D eigenvalue weighted by molar-refractivity contribution is 7.93. The molecular formula is C19H18ClN3O3S2. The van der Waals surface area contributed by atoms with Crippen LogP contribution in [0.25, 0.3) is 0 Å². The van der Waals surface area contributed by atoms with E-state index in [0.717, 1.165) is 5.56 Å². The van der Waals surface area contributed by atoms with Crippen molar-refractivity contribution in [2.75, 3.05) is 4.72 Å². The third-order valence-electron chi connectivity index (χ3n) is 4.05. The molecule has 9 heteroatoms. The smallest absolute Gasteiger partial charge is 0.263 e. The lowest BCUT2D eigenvalue weighted by molar-refractivity contribution is 0.0912. The summed E-state index contributed by atoms with van der Waals surface area (Å²) in [5.74, 6) is -0.318. The predicted molar refractivity (Wildman–Crippen MR) is 111 cm³/mol. The molecule has 146 valence electrons. The number of carbonyl (C=O) groups is 1. The van der Waals surface area contributed by atoms with E-state index in [1.165, 1.54) is 41.8 Å². The first-order valence-electron chi connectivity index (χ1n) is 8.28. The average Bonchev–Trinajstić information content (AvgIpc) is 3.14. The molecule has 2 N–H and O–H groups in total. The summed E-state index contributed by atoms with van der Waals surface area (Å²) in [6, 6.07) is 13.0. The number of anilines is 1. The van der Waals surface area contributed by atoms with Gasteiger partial charge in [-0.25, -0.2) is 13.4 Å². The van der Waals surface area contributed by atoms with Crippen LogP contribution in [0.1, 0.15) is 29.8 Å². The van der Waals surface area contributed by atoms with E-state index >= 15 is 0 Å². The van der Waals surface area contributed by atoms with Crippen molar-refractivity contribution in [3.05, 3.63) is 76.3 Å². The Balaban J connectivity index is 1.75. The number of hydrogen-bond acceptors (Lipinski definition) is 5. The third-order valence-corrected chi connectivity index (χ3v) is 6.46. The first-order chi connectivity index (χ1) is 13.2. The maximum absolute atomic E-state index is 12.6. The Kier molecular flexibility index (Phi) is 5.74. The second-order valence-corrected chi connectivity index (χ2v) is 9.57. The quantitative estimate of drug-likeness (QED) is 0.605. The molecule has 6 nitrogen and oxygen atoms in total. The molecule has 0 atom stereocenters. The molecule has 0 saturated carbocycles. The topological polar surface area (TPSA) is 88.2 Å². The molecule has 0 saturated heterocycles. The summed E-state index contributed by atoms with van der Waals surface area (Å²) in [4.78, 5) is 16.6. The van der Waals surface area contributed by atoms with E-state index in [4.69, 9.17) is 11.6 Å². The molecular weight excluding hydrogens is 418 g/mol. The third kappa shape index (κ3) is 4.70. The van der Waals surface area contributed by atoms with Gasteiger partial charge in [-0.1, -0.05) is 23.7 Å². The fraction of sp³-hybridized carbons (Fsp3) is 0.158. The van der Waals surface area contributed by atoms with Crippen LogP contribution in [0.15, 0.2) is 65.0 Å². The van der Waals surface area contributed by atoms with Gasteiger partial charge in [0.25, 0.3) is 15.9 Å². The SMILES string of the molecule is CC(C)(NC(=O)c1ccc(S(=O)(=O)Nc2nccs2)cc1)c1cccc(Cl)c1. The van der Waals surface area contributed by atoms with E-state index in [2.05, 4.69) is 15.0 Å². The van der Waals surface area contributed by atoms with Gasteiger partial charge in [0.05, 0.1) is 10.4 Å². The summed E-state index contributed by atoms with van der Waals surface area (Å²) >= 11 is 7.22. The second kappa shape index (κ2) is 7.90. The second-order valence-electron chi connectivity index (χ2n) is 6.56. The number of nitrogens with one attached hydrogen (secondary N) is 2. The molecule has 0 unspecified atom stereocenters. The van der Waals surface area contributed by atoms with Crippen molar-refractivity contribution in [2.45, 2.75) is 24.3 Å². The van der Waals surface area contributed by atoms with Gasteiger partial charge in [-0.3, -0.25) is 9.52 Å². The van der Waals surface area contributed by atoms with E-state index in [9.17, 15) is 13.2 Å². The molecule has 0 aliphatic rings. The summed E-state index contributed by atoms with van der Waals surface area (Å²) in [6.45, 7) is 3.74. The minimum Gasteiger partial charge on any atom is -0.343 e. The molecule has 2 aromatic carbocycles. The number of amides is 1. The number of carbonyl (C=O) groups excluding carboxylic acids is 1. The van der Waals surface area contributed by atoms with Crippen LogP contribution in [0.2, 0.25) is 5.02 Å². The molecule has 1 amide bonds. The monoisotopic (exact) mass is 435 g/mol. The van der Waals surface area contributed by atoms with Crippen LogP contribution < -0.4 is 10.0 Å². The van der Waals surface area contributed by atoms with Gasteiger partial charge in [-0.15, -0.1) is 11.3 Å². The minimum absolute atomic E-state index is 0.0494. The lowest BCUT2D eigenvalue weighted by Gasteiger charge is -2.27. The summed E-state index contributed by atoms with van der Waals surface area (Å²) < 4.78 is 27.1. The van der Waals surface area contributed by atoms with Gasteiger partial charge in [0, 0.05) is 22.2 Å². The Bertz CT molecular complexity index is 1080. The van der Waals surface area contributed by atoms with Gasteiger partial charge >= 0.3 is 0 Å². The molecule has 0 bridgehead atoms. The van der Waals surface area contributed by atoms with Gasteiger partial charge in [-0.2, -0.15) is 0 Å². The highest BCUT2D eigenvalue weighted by Gasteiger charge is 2.24. The number of rotatable bonds is 6. The Morgan fingerprint density at radius 3 is 2.46 bits per heavy atom. The Labute approximate surface area is 172 Å². The molecule has 1 aromatic heterocycles. The number of nitrogens with zero attached hydrogens (tertiary/aromatic N) is 1. The fourth-order valence-corrected chi connectivity index (χ4v) is 4.52. The Morgan fingerprint density at radius 2 is 1.86 bits per heavy atom. The highest BCUT2D eigenvalue weighted by atomic mass is 35.5. The Morgan fingerprint density at radius 1 is 1.14 bits per heavy atom. The van der Waals surface area contributed by atoms with Crippen LogP contribution in [-0.4, -0.2) is 19.3 Å². The molecule has 1 heterocycles. The molecule has 0 fully saturated rings. The van der Waals surface area contributed by atoms with Crippen molar-refractivity contribution in [1.29, 1.82) is 0 Å². The zero-order chi connectivity index (χ0) is 20.4. The zero-order valence-electron chi connectivity index (χ0n) is 15.1. The van der Waals surface area contributed by atoms with Gasteiger partial charge in [0.2, 0.25) is 0 Å². The van der Waals surface area contributed by atoms with E-state index < -0.39 is 15.6 Å². The number of hydrogen-bond donors (Lipinski definition) is 2. The van der Waals surface area contributed by atoms with Gasteiger partial charge in [0.1, 0.15) is 0 Å². The van der Waals surface area contributed by atoms with Crippen LogP contribution >= 0.6 is 22.9 Å². The van der Waals surface area contributed by atoms with Gasteiger partial charge < -0.3 is 5.32 Å². The maximum Gasteiger partial charge on any atom is 0.263 e. The highest BCUT2D eigenvalue weighted by Crippen LogP contribution is 2.24. The van der Waals surface area contributed by atoms with Gasteiger partial charge in [0.15, 0.2) is 5.13 Å². The van der Waals surface area contributed by atoms with Crippen LogP contribution in [0.5, 0.6) is 0 Å². The molecule has 3 rings (SSSR count). The lowest BCUT2D eigenvalue weighted by Crippen LogP contribution is -2.41. The van der Waals surface area contributed by atoms with E-state index in [1.807, 2.05) is 26.0 Å². The van der Waals surface area contributed by atoms with Crippen molar-refractivity contribution in [3.8, 4) is 0 Å². The molecule has 0 spiro atoms. The maximum atomic E-state index is 12.6. The predicted octanol–water partition coefficient (Wildman–Crippen LogP) is 4.26. The van der Waals surface area contributed by atoms with E-state index in [1.54, 1.807) is 17.5 Å². The van der Waals surface area contributed by atoms with Crippen LogP contribution in [0.3, 0.4) is 0 Å². The average molecular weight is 436 g/mol. The molecule has 0 radical (unpaired) electrons. The van der Waals surface area contributed by atoms with Crippen molar-refractivity contribution in [3.63, 3.8) is 0 Å². The van der Waals surface area contributed by atoms with Crippen molar-refractivity contribution < 1.29 is 13.2 Å². The minimum atomic E-state index is -3.76. The summed E-state index contributed by atoms with van der Waals surface area (Å²) in [7, 11) is -3.76. The van der Waals surface area contributed by atoms with Crippen molar-refractivity contribution in [2.24, 2.45) is 0 Å². The number of aromatic nitrogens is 1. The van der Waals surface area contributed by atoms with Gasteiger partial charge in [-0.05, 0) is 55.8 Å². The molecule has 3 aromatic rings. The fourth-order valence-electron chi connectivity index (χ4n) is 2.54. The number of sulfonamides is 1. The molecule has 0 aliphatic carbocycles. The molecule has 28 heavy (non-hydrogen) atoms. The standard InChI is InChI=1S/C19H18ClN3O3S2/c1-19(2,14-4-3-5-15(20)12-14)22-17(24)13-6-8-16(9-7-13)28(25,26)23-18-21-10-11-27-18/h3-12H,1-2H3,(H,21,23)(H,22,24). The van der Waals surface area contributed by atoms with Crippen LogP contribution in [0.4, 0.5) is 5.13 Å². The number of benzene rings is 2. The Hall–Kier alpha value is -2.42. The summed E-state index contributed by atoms with van der Waals surface area (Å²) in [6.07, 6.45) is 1.51. The normalized spacial score (nSPS) is 11.8. The van der Waals surface area contributed by atoms with E-state index in [0.29, 0.717) is 10.6 Å². The van der Waals surface area contributed by atoms with Crippen LogP contribution in [-0.2, 0) is 15.6 Å². The van der Waals surface area contributed by atoms with E-state index in [-0.39, 0.29) is 15.9 Å². The first kappa shape index (κ1) is 20.3. The summed E-state index contributed by atoms with van der Waals surface area (Å²) in [5, 5.41) is 5.48. The van der Waals surface area contributed by atoms with Crippen LogP contribution in [0, 0.1) is 0 Å². The number of thiazole rings is 1. The number of halogens is 1. The first-order valence-corrected chi connectivity index (χ1v) is 11.0. The lowest BCUT2D eigenvalue weighted by atomic mass is 9.94. The van der Waals surface area contributed by atoms with Crippen molar-refractivity contribution in [1.82, 2.24) is 10.3 Å².